The molecule has 0 aliphatic rings. The highest BCUT2D eigenvalue weighted by atomic mass is 16.3. The van der Waals surface area contributed by atoms with Crippen molar-refractivity contribution in [2.75, 3.05) is 14.7 Å². The number of para-hydroxylation sites is 3. The van der Waals surface area contributed by atoms with Gasteiger partial charge in [0.2, 0.25) is 0 Å². The van der Waals surface area contributed by atoms with Crippen LogP contribution in [0.1, 0.15) is 0 Å². The van der Waals surface area contributed by atoms with Gasteiger partial charge in [-0.05, 0) is 192 Å². The summed E-state index contributed by atoms with van der Waals surface area (Å²) < 4.78 is 19.3. The summed E-state index contributed by atoms with van der Waals surface area (Å²) in [6.45, 7) is 0. The van der Waals surface area contributed by atoms with E-state index in [9.17, 15) is 0 Å². The Morgan fingerprint density at radius 2 is 0.400 bits per heavy atom. The van der Waals surface area contributed by atoms with E-state index in [0.717, 1.165) is 149 Å². The van der Waals surface area contributed by atoms with Crippen molar-refractivity contribution in [1.82, 2.24) is 0 Å². The molecule has 22 aromatic carbocycles. The van der Waals surface area contributed by atoms with E-state index in [4.69, 9.17) is 13.3 Å². The highest BCUT2D eigenvalue weighted by Gasteiger charge is 2.24. The van der Waals surface area contributed by atoms with Crippen LogP contribution in [0.5, 0.6) is 0 Å². The topological polar surface area (TPSA) is 49.1 Å². The number of hydrogen-bond acceptors (Lipinski definition) is 6. The summed E-state index contributed by atoms with van der Waals surface area (Å²) >= 11 is 0. The summed E-state index contributed by atoms with van der Waals surface area (Å²) in [6, 6.07) is 158. The van der Waals surface area contributed by atoms with Crippen LogP contribution in [0.25, 0.3) is 174 Å². The molecule has 0 amide bonds. The zero-order chi connectivity index (χ0) is 79.1. The lowest BCUT2D eigenvalue weighted by molar-refractivity contribution is 0.672. The maximum absolute atomic E-state index is 6.46. The maximum Gasteiger partial charge on any atom is 0.143 e. The number of nitrogens with zero attached hydrogens (tertiary/aromatic N) is 3. The van der Waals surface area contributed by atoms with Gasteiger partial charge in [0.15, 0.2) is 0 Å². The molecule has 6 nitrogen and oxygen atoms in total. The van der Waals surface area contributed by atoms with Crippen molar-refractivity contribution in [2.24, 2.45) is 0 Å². The molecule has 0 atom stereocenters. The third kappa shape index (κ3) is 12.0. The van der Waals surface area contributed by atoms with Gasteiger partial charge in [-0.25, -0.2) is 0 Å². The molecule has 25 rings (SSSR count). The molecule has 0 unspecified atom stereocenters. The van der Waals surface area contributed by atoms with E-state index in [1.54, 1.807) is 0 Å². The first-order valence-corrected chi connectivity index (χ1v) is 40.9. The van der Waals surface area contributed by atoms with Gasteiger partial charge in [0.25, 0.3) is 0 Å². The Kier molecular flexibility index (Phi) is 16.8. The molecule has 3 heterocycles. The van der Waals surface area contributed by atoms with Crippen molar-refractivity contribution in [3.8, 4) is 11.1 Å². The lowest BCUT2D eigenvalue weighted by Crippen LogP contribution is -2.11. The van der Waals surface area contributed by atoms with Gasteiger partial charge >= 0.3 is 0 Å². The molecule has 0 saturated heterocycles. The largest absolute Gasteiger partial charge is 0.455 e. The molecule has 0 radical (unpaired) electrons. The van der Waals surface area contributed by atoms with Crippen molar-refractivity contribution in [1.29, 1.82) is 0 Å². The number of hydrogen-bond donors (Lipinski definition) is 0. The van der Waals surface area contributed by atoms with Crippen molar-refractivity contribution >= 4 is 214 Å². The lowest BCUT2D eigenvalue weighted by Gasteiger charge is -2.28. The van der Waals surface area contributed by atoms with Crippen LogP contribution in [0.15, 0.2) is 456 Å². The molecule has 0 saturated carbocycles. The second kappa shape index (κ2) is 29.1. The average Bonchev–Trinajstić information content (AvgIpc) is 0.967. The molecule has 0 bridgehead atoms. The molecule has 0 fully saturated rings. The highest BCUT2D eigenvalue weighted by molar-refractivity contribution is 6.20. The van der Waals surface area contributed by atoms with Gasteiger partial charge in [0.05, 0.1) is 22.7 Å². The Labute approximate surface area is 691 Å². The zero-order valence-corrected chi connectivity index (χ0v) is 65.2. The lowest BCUT2D eigenvalue weighted by atomic mass is 9.98. The zero-order valence-electron chi connectivity index (χ0n) is 65.2. The van der Waals surface area contributed by atoms with Crippen LogP contribution in [0.3, 0.4) is 0 Å². The second-order valence-corrected chi connectivity index (χ2v) is 30.9. The molecule has 0 aliphatic heterocycles. The van der Waals surface area contributed by atoms with Crippen LogP contribution in [0.4, 0.5) is 51.2 Å². The molecular formula is C114H73N3O3. The van der Waals surface area contributed by atoms with Crippen LogP contribution < -0.4 is 14.7 Å². The van der Waals surface area contributed by atoms with Crippen molar-refractivity contribution in [3.63, 3.8) is 0 Å². The Bertz CT molecular complexity index is 8250. The fourth-order valence-electron chi connectivity index (χ4n) is 18.3. The molecule has 0 N–H and O–H groups in total. The van der Waals surface area contributed by atoms with E-state index < -0.39 is 0 Å². The third-order valence-electron chi connectivity index (χ3n) is 24.1. The van der Waals surface area contributed by atoms with E-state index in [1.807, 2.05) is 36.4 Å². The van der Waals surface area contributed by atoms with Crippen LogP contribution in [-0.2, 0) is 0 Å². The minimum atomic E-state index is 0.912. The summed E-state index contributed by atoms with van der Waals surface area (Å²) in [4.78, 5) is 7.14. The fourth-order valence-corrected chi connectivity index (χ4v) is 18.3. The Hall–Kier alpha value is -16.0. The van der Waals surface area contributed by atoms with Crippen LogP contribution >= 0.6 is 0 Å². The Morgan fingerprint density at radius 3 is 0.800 bits per heavy atom. The molecule has 562 valence electrons. The first-order valence-electron chi connectivity index (χ1n) is 40.9. The minimum absolute atomic E-state index is 0.912. The number of rotatable bonds is 10. The number of anilines is 9. The smallest absolute Gasteiger partial charge is 0.143 e. The predicted molar refractivity (Wildman–Crippen MR) is 508 cm³/mol. The monoisotopic (exact) mass is 1530 g/mol. The highest BCUT2D eigenvalue weighted by Crippen LogP contribution is 2.49. The summed E-state index contributed by atoms with van der Waals surface area (Å²) in [5.74, 6) is 0. The van der Waals surface area contributed by atoms with Crippen LogP contribution in [-0.4, -0.2) is 0 Å². The van der Waals surface area contributed by atoms with Gasteiger partial charge < -0.3 is 28.0 Å². The van der Waals surface area contributed by atoms with E-state index >= 15 is 0 Å². The standard InChI is InChI=1S/C42H27NO.2C36H23NO/c1-3-13-34-28(9-1)11-7-16-35(34)30-19-23-32(24-20-30)43(40-17-8-12-29-10-2-4-14-36(29)40)33-25-21-31-22-26-38-37-15-5-6-18-41(37)44-42(38)39(31)27-33;1-3-13-28-24(9-1)11-7-16-33(28)37(34-17-8-12-25-10-2-4-14-29(25)34)27-21-19-26-20-22-31-30-15-5-6-18-35(30)38-36(31)32(26)23-27;1-2-10-27-22-28(19-16-24(27)8-1)37(34-14-7-11-25-9-3-4-12-30(25)34)29-20-17-26-18-21-32-31-13-5-6-15-35(31)38-36(32)33(26)23-29/h1-27H;2*1-23H. The SMILES string of the molecule is c1ccc2c(-c3ccc(N(c4ccc5ccc6c7ccccc7oc6c5c4)c4cccc5ccccc45)cc3)cccc2c1.c1ccc2c(N(c3ccc4ccc5c6ccccc6oc5c4c3)c3cccc4ccccc34)cccc2c1.c1ccc2cc(N(c3ccc4ccc5c6ccccc6oc5c4c3)c3cccc4ccccc34)ccc2c1. The molecule has 3 aromatic heterocycles. The second-order valence-electron chi connectivity index (χ2n) is 30.9. The molecular weight excluding hydrogens is 1460 g/mol. The van der Waals surface area contributed by atoms with Crippen molar-refractivity contribution in [3.05, 3.63) is 443 Å². The van der Waals surface area contributed by atoms with E-state index in [-0.39, 0.29) is 0 Å². The summed E-state index contributed by atoms with van der Waals surface area (Å²) in [5, 5.41) is 28.4. The first kappa shape index (κ1) is 69.5. The maximum atomic E-state index is 6.46. The minimum Gasteiger partial charge on any atom is -0.455 e. The van der Waals surface area contributed by atoms with Crippen LogP contribution in [0, 0.1) is 0 Å². The average molecular weight is 1530 g/mol. The van der Waals surface area contributed by atoms with Gasteiger partial charge in [-0.3, -0.25) is 0 Å². The number of fused-ring (bicyclic) bond motifs is 21. The van der Waals surface area contributed by atoms with E-state index in [0.29, 0.717) is 0 Å². The summed E-state index contributed by atoms with van der Waals surface area (Å²) in [6.07, 6.45) is 0. The Morgan fingerprint density at radius 1 is 0.142 bits per heavy atom. The van der Waals surface area contributed by atoms with Gasteiger partial charge in [0.1, 0.15) is 33.5 Å². The molecule has 25 aromatic rings. The molecule has 0 aliphatic carbocycles. The van der Waals surface area contributed by atoms with Gasteiger partial charge in [-0.15, -0.1) is 0 Å². The first-order chi connectivity index (χ1) is 59.5. The normalized spacial score (nSPS) is 11.7. The van der Waals surface area contributed by atoms with Crippen LogP contribution in [0.2, 0.25) is 0 Å². The van der Waals surface area contributed by atoms with Crippen molar-refractivity contribution < 1.29 is 13.3 Å². The number of benzene rings is 22. The third-order valence-corrected chi connectivity index (χ3v) is 24.1. The predicted octanol–water partition coefficient (Wildman–Crippen LogP) is 33.2. The van der Waals surface area contributed by atoms with Gasteiger partial charge in [-0.2, -0.15) is 0 Å². The fraction of sp³-hybridized carbons (Fsp3) is 0. The molecule has 6 heteroatoms. The van der Waals surface area contributed by atoms with E-state index in [2.05, 4.69) is 421 Å². The Balaban J connectivity index is 0.000000105. The summed E-state index contributed by atoms with van der Waals surface area (Å²) in [5.41, 5.74) is 18.1. The quantitative estimate of drug-likeness (QED) is 0.136. The van der Waals surface area contributed by atoms with Gasteiger partial charge in [-0.1, -0.05) is 322 Å². The van der Waals surface area contributed by atoms with E-state index in [1.165, 1.54) is 75.8 Å². The van der Waals surface area contributed by atoms with Gasteiger partial charge in [0, 0.05) is 98.5 Å². The molecule has 120 heavy (non-hydrogen) atoms. The van der Waals surface area contributed by atoms with Crippen molar-refractivity contribution in [2.45, 2.75) is 0 Å². The summed E-state index contributed by atoms with van der Waals surface area (Å²) in [7, 11) is 0. The number of furan rings is 3. The molecule has 0 spiro atoms.